The average Bonchev–Trinajstić information content (AvgIpc) is 3.07. The van der Waals surface area contributed by atoms with Crippen LogP contribution in [0, 0.1) is 0 Å². The van der Waals surface area contributed by atoms with Crippen molar-refractivity contribution in [2.24, 2.45) is 0 Å². The summed E-state index contributed by atoms with van der Waals surface area (Å²) in [7, 11) is -7.51. The lowest BCUT2D eigenvalue weighted by Crippen LogP contribution is -2.36. The lowest BCUT2D eigenvalue weighted by atomic mass is 10.1. The largest absolute Gasteiger partial charge is 0.387 e. The first-order chi connectivity index (χ1) is 12.9. The number of hydrogen-bond donors (Lipinski definition) is 5. The third kappa shape index (κ3) is 4.28. The molecular formula is C12H17ClN5O8PS. The van der Waals surface area contributed by atoms with Gasteiger partial charge in [-0.15, -0.1) is 0 Å². The predicted octanol–water partition coefficient (Wildman–Crippen LogP) is -1.31. The van der Waals surface area contributed by atoms with Crippen molar-refractivity contribution in [3.8, 4) is 0 Å². The van der Waals surface area contributed by atoms with Gasteiger partial charge < -0.3 is 30.1 Å². The second kappa shape index (κ2) is 7.46. The number of nitrogens with one attached hydrogen (secondary N) is 1. The number of anilines is 1. The molecule has 28 heavy (non-hydrogen) atoms. The van der Waals surface area contributed by atoms with E-state index in [4.69, 9.17) is 26.1 Å². The molecule has 3 rings (SSSR count). The number of ether oxygens (including phenoxy) is 1. The van der Waals surface area contributed by atoms with E-state index in [1.54, 1.807) is 7.05 Å². The Balaban J connectivity index is 1.90. The van der Waals surface area contributed by atoms with Crippen molar-refractivity contribution < 1.29 is 37.7 Å². The van der Waals surface area contributed by atoms with Crippen LogP contribution in [-0.2, 0) is 19.1 Å². The fourth-order valence-electron chi connectivity index (χ4n) is 2.90. The molecule has 156 valence electrons. The van der Waals surface area contributed by atoms with Gasteiger partial charge >= 0.3 is 7.60 Å². The predicted molar refractivity (Wildman–Crippen MR) is 96.5 cm³/mol. The third-order valence-corrected chi connectivity index (χ3v) is 7.95. The minimum atomic E-state index is -4.83. The molecule has 2 aromatic rings. The topological polar surface area (TPSA) is 197 Å². The molecule has 1 aliphatic rings. The van der Waals surface area contributed by atoms with E-state index in [1.165, 1.54) is 6.20 Å². The molecule has 13 nitrogen and oxygen atoms in total. The number of nitrogens with zero attached hydrogens (tertiary/aromatic N) is 4. The lowest BCUT2D eigenvalue weighted by Gasteiger charge is -2.16. The summed E-state index contributed by atoms with van der Waals surface area (Å²) in [6.07, 6.45) is -4.59. The molecule has 16 heteroatoms. The summed E-state index contributed by atoms with van der Waals surface area (Å²) in [6.45, 7) is 0. The van der Waals surface area contributed by atoms with E-state index in [2.05, 4.69) is 20.4 Å². The maximum atomic E-state index is 12.0. The summed E-state index contributed by atoms with van der Waals surface area (Å²) in [4.78, 5) is 25.7. The highest BCUT2D eigenvalue weighted by molar-refractivity contribution is 7.97. The zero-order valence-electron chi connectivity index (χ0n) is 14.2. The van der Waals surface area contributed by atoms with Gasteiger partial charge in [0, 0.05) is 7.05 Å². The van der Waals surface area contributed by atoms with Crippen LogP contribution in [0.25, 0.3) is 11.0 Å². The number of aromatic nitrogens is 4. The van der Waals surface area contributed by atoms with Crippen molar-refractivity contribution in [1.29, 1.82) is 0 Å². The summed E-state index contributed by atoms with van der Waals surface area (Å²) >= 11 is 5.87. The Morgan fingerprint density at radius 3 is 2.61 bits per heavy atom. The number of aliphatic hydroxyl groups excluding tert-OH is 2. The summed E-state index contributed by atoms with van der Waals surface area (Å²) in [5.74, 6) is -0.543. The molecule has 1 aliphatic heterocycles. The SMILES string of the molecule is CNc1nc(Cl)nc2c1cnn2[C@@H]1O[C@H](CS(=O)(=O)CP(=O)(O)O)[C@@H](O)[C@H]1O. The van der Waals surface area contributed by atoms with Crippen molar-refractivity contribution in [3.63, 3.8) is 0 Å². The van der Waals surface area contributed by atoms with Crippen LogP contribution < -0.4 is 5.32 Å². The Morgan fingerprint density at radius 2 is 2.00 bits per heavy atom. The van der Waals surface area contributed by atoms with Crippen LogP contribution in [0.3, 0.4) is 0 Å². The van der Waals surface area contributed by atoms with Crippen LogP contribution in [0.4, 0.5) is 5.82 Å². The molecule has 5 N–H and O–H groups in total. The molecule has 4 atom stereocenters. The van der Waals surface area contributed by atoms with Crippen LogP contribution in [0.1, 0.15) is 6.23 Å². The monoisotopic (exact) mass is 457 g/mol. The van der Waals surface area contributed by atoms with Gasteiger partial charge in [-0.05, 0) is 11.6 Å². The minimum Gasteiger partial charge on any atom is -0.387 e. The van der Waals surface area contributed by atoms with Crippen LogP contribution in [0.15, 0.2) is 6.20 Å². The van der Waals surface area contributed by atoms with Crippen molar-refractivity contribution in [3.05, 3.63) is 11.5 Å². The average molecular weight is 458 g/mol. The fourth-order valence-corrected chi connectivity index (χ4v) is 6.32. The van der Waals surface area contributed by atoms with Gasteiger partial charge in [-0.3, -0.25) is 4.57 Å². The summed E-state index contributed by atoms with van der Waals surface area (Å²) in [6, 6.07) is 0. The molecule has 1 fully saturated rings. The molecule has 0 radical (unpaired) electrons. The molecule has 0 amide bonds. The number of sulfone groups is 1. The smallest absolute Gasteiger partial charge is 0.340 e. The van der Waals surface area contributed by atoms with Gasteiger partial charge in [0.05, 0.1) is 17.3 Å². The number of rotatable bonds is 6. The van der Waals surface area contributed by atoms with Crippen LogP contribution in [0.5, 0.6) is 0 Å². The van der Waals surface area contributed by atoms with E-state index in [0.717, 1.165) is 4.68 Å². The molecule has 0 saturated carbocycles. The zero-order valence-corrected chi connectivity index (χ0v) is 16.7. The van der Waals surface area contributed by atoms with E-state index >= 15 is 0 Å². The van der Waals surface area contributed by atoms with E-state index in [-0.39, 0.29) is 10.9 Å². The highest BCUT2D eigenvalue weighted by atomic mass is 35.5. The van der Waals surface area contributed by atoms with E-state index in [1.807, 2.05) is 0 Å². The molecular weight excluding hydrogens is 441 g/mol. The van der Waals surface area contributed by atoms with Crippen molar-refractivity contribution >= 4 is 45.9 Å². The first-order valence-corrected chi connectivity index (χ1v) is 11.8. The minimum absolute atomic E-state index is 0.118. The van der Waals surface area contributed by atoms with Gasteiger partial charge in [0.1, 0.15) is 24.1 Å². The summed E-state index contributed by atoms with van der Waals surface area (Å²) < 4.78 is 41.4. The molecule has 0 aliphatic carbocycles. The second-order valence-electron chi connectivity index (χ2n) is 6.17. The highest BCUT2D eigenvalue weighted by Gasteiger charge is 2.47. The van der Waals surface area contributed by atoms with Gasteiger partial charge in [0.2, 0.25) is 5.28 Å². The summed E-state index contributed by atoms with van der Waals surface area (Å²) in [5, 5.41) is 27.6. The van der Waals surface area contributed by atoms with Gasteiger partial charge in [-0.1, -0.05) is 0 Å². The Hall–Kier alpha value is -1.38. The Bertz CT molecular complexity index is 1040. The quantitative estimate of drug-likeness (QED) is 0.254. The Morgan fingerprint density at radius 1 is 1.32 bits per heavy atom. The van der Waals surface area contributed by atoms with E-state index < -0.39 is 53.2 Å². The molecule has 0 bridgehead atoms. The highest BCUT2D eigenvalue weighted by Crippen LogP contribution is 2.38. The van der Waals surface area contributed by atoms with Crippen LogP contribution in [0.2, 0.25) is 5.28 Å². The zero-order chi connectivity index (χ0) is 20.9. The first kappa shape index (κ1) is 21.3. The molecule has 0 unspecified atom stereocenters. The second-order valence-corrected chi connectivity index (χ2v) is 10.7. The summed E-state index contributed by atoms with van der Waals surface area (Å²) in [5.41, 5.74) is -1.23. The van der Waals surface area contributed by atoms with Gasteiger partial charge in [0.25, 0.3) is 0 Å². The number of hydrogen-bond acceptors (Lipinski definition) is 10. The van der Waals surface area contributed by atoms with Gasteiger partial charge in [-0.2, -0.15) is 10.1 Å². The lowest BCUT2D eigenvalue weighted by molar-refractivity contribution is -0.0364. The maximum Gasteiger partial charge on any atom is 0.340 e. The fraction of sp³-hybridized carbons (Fsp3) is 0.583. The normalized spacial score (nSPS) is 26.1. The molecule has 0 spiro atoms. The third-order valence-electron chi connectivity index (χ3n) is 4.02. The molecule has 3 heterocycles. The molecule has 0 aromatic carbocycles. The van der Waals surface area contributed by atoms with Gasteiger partial charge in [-0.25, -0.2) is 18.1 Å². The molecule has 2 aromatic heterocycles. The van der Waals surface area contributed by atoms with Crippen molar-refractivity contribution in [1.82, 2.24) is 19.7 Å². The number of aliphatic hydroxyl groups is 2. The number of halogens is 1. The van der Waals surface area contributed by atoms with E-state index in [9.17, 15) is 23.2 Å². The standard InChI is InChI=1S/C12H17ClN5O8PS/c1-14-9-5-2-15-18(10(5)17-12(13)16-9)11-8(20)7(19)6(26-11)3-28(24,25)4-27(21,22)23/h2,6-8,11,19-20H,3-4H2,1H3,(H,14,16,17)(H2,21,22,23)/t6-,7-,8-,11-/m1/s1. The Kier molecular flexibility index (Phi) is 5.68. The Labute approximate surface area is 163 Å². The van der Waals surface area contributed by atoms with Crippen molar-refractivity contribution in [2.45, 2.75) is 24.5 Å². The first-order valence-electron chi connectivity index (χ1n) is 7.77. The number of fused-ring (bicyclic) bond motifs is 1. The maximum absolute atomic E-state index is 12.0. The van der Waals surface area contributed by atoms with Crippen molar-refractivity contribution in [2.75, 3.05) is 23.6 Å². The van der Waals surface area contributed by atoms with Gasteiger partial charge in [0.15, 0.2) is 27.2 Å². The van der Waals surface area contributed by atoms with E-state index in [0.29, 0.717) is 11.2 Å². The molecule has 1 saturated heterocycles. The van der Waals surface area contributed by atoms with Crippen LogP contribution >= 0.6 is 19.2 Å². The van der Waals surface area contributed by atoms with Crippen LogP contribution in [-0.4, -0.2) is 84.8 Å².